The van der Waals surface area contributed by atoms with Crippen LogP contribution in [0.4, 0.5) is 10.2 Å². The third-order valence-electron chi connectivity index (χ3n) is 7.85. The molecule has 8 nitrogen and oxygen atoms in total. The van der Waals surface area contributed by atoms with Gasteiger partial charge in [0.2, 0.25) is 0 Å². The van der Waals surface area contributed by atoms with Gasteiger partial charge < -0.3 is 10.2 Å². The van der Waals surface area contributed by atoms with Crippen molar-refractivity contribution in [2.24, 2.45) is 0 Å². The van der Waals surface area contributed by atoms with Crippen molar-refractivity contribution < 1.29 is 4.39 Å². The van der Waals surface area contributed by atoms with Crippen molar-refractivity contribution in [3.8, 4) is 22.8 Å². The van der Waals surface area contributed by atoms with Gasteiger partial charge in [-0.25, -0.2) is 28.8 Å². The van der Waals surface area contributed by atoms with Crippen molar-refractivity contribution in [1.82, 2.24) is 34.9 Å². The Morgan fingerprint density at radius 3 is 2.62 bits per heavy atom. The second-order valence-corrected chi connectivity index (χ2v) is 10.3. The van der Waals surface area contributed by atoms with Crippen molar-refractivity contribution in [2.75, 3.05) is 24.5 Å². The molecule has 0 radical (unpaired) electrons. The number of nitrogens with one attached hydrogen (secondary N) is 1. The van der Waals surface area contributed by atoms with Crippen LogP contribution in [0.25, 0.3) is 28.4 Å². The van der Waals surface area contributed by atoms with Crippen LogP contribution in [0.15, 0.2) is 73.2 Å². The number of anilines is 1. The lowest BCUT2D eigenvalue weighted by atomic mass is 9.94. The number of pyridine rings is 1. The number of imidazole rings is 1. The van der Waals surface area contributed by atoms with Crippen molar-refractivity contribution >= 4 is 11.5 Å². The van der Waals surface area contributed by atoms with Crippen LogP contribution in [0.2, 0.25) is 0 Å². The molecule has 7 rings (SSSR count). The summed E-state index contributed by atoms with van der Waals surface area (Å²) in [6.45, 7) is 2.90. The van der Waals surface area contributed by atoms with Crippen LogP contribution in [0.3, 0.4) is 0 Å². The predicted molar refractivity (Wildman–Crippen MR) is 148 cm³/mol. The first-order chi connectivity index (χ1) is 19.2. The van der Waals surface area contributed by atoms with Gasteiger partial charge in [0.25, 0.3) is 0 Å². The molecule has 196 valence electrons. The van der Waals surface area contributed by atoms with E-state index >= 15 is 0 Å². The van der Waals surface area contributed by atoms with Crippen LogP contribution in [-0.4, -0.2) is 49.2 Å². The van der Waals surface area contributed by atoms with Crippen molar-refractivity contribution in [2.45, 2.75) is 37.6 Å². The molecule has 0 saturated carbocycles. The summed E-state index contributed by atoms with van der Waals surface area (Å²) in [6, 6.07) is 19.0. The summed E-state index contributed by atoms with van der Waals surface area (Å²) in [7, 11) is 0. The SMILES string of the molecule is Fc1cccc(C2CCCN2c2ccc3ncc(-c4cccc(-c5cc(C6CCNCC6)ncn5)n4)n3n2)c1. The third kappa shape index (κ3) is 4.63. The normalized spacial score (nSPS) is 18.2. The fourth-order valence-corrected chi connectivity index (χ4v) is 5.87. The monoisotopic (exact) mass is 520 g/mol. The molecule has 2 fully saturated rings. The predicted octanol–water partition coefficient (Wildman–Crippen LogP) is 5.20. The zero-order valence-electron chi connectivity index (χ0n) is 21.5. The Morgan fingerprint density at radius 2 is 1.72 bits per heavy atom. The van der Waals surface area contributed by atoms with Crippen LogP contribution in [0.5, 0.6) is 0 Å². The average molecular weight is 521 g/mol. The quantitative estimate of drug-likeness (QED) is 0.341. The Labute approximate surface area is 226 Å². The number of fused-ring (bicyclic) bond motifs is 1. The average Bonchev–Trinajstić information content (AvgIpc) is 3.65. The molecule has 1 N–H and O–H groups in total. The van der Waals surface area contributed by atoms with E-state index in [2.05, 4.69) is 31.2 Å². The minimum atomic E-state index is -0.211. The third-order valence-corrected chi connectivity index (χ3v) is 7.85. The molecule has 0 bridgehead atoms. The highest BCUT2D eigenvalue weighted by atomic mass is 19.1. The molecule has 9 heteroatoms. The van der Waals surface area contributed by atoms with Crippen molar-refractivity contribution in [3.05, 3.63) is 90.3 Å². The number of benzene rings is 1. The van der Waals surface area contributed by atoms with Crippen LogP contribution < -0.4 is 10.2 Å². The number of aromatic nitrogens is 6. The lowest BCUT2D eigenvalue weighted by Crippen LogP contribution is -2.27. The smallest absolute Gasteiger partial charge is 0.154 e. The number of piperidine rings is 1. The van der Waals surface area contributed by atoms with Gasteiger partial charge >= 0.3 is 0 Å². The van der Waals surface area contributed by atoms with Crippen LogP contribution in [0, 0.1) is 5.82 Å². The van der Waals surface area contributed by atoms with Gasteiger partial charge in [-0.1, -0.05) is 18.2 Å². The van der Waals surface area contributed by atoms with Crippen LogP contribution >= 0.6 is 0 Å². The summed E-state index contributed by atoms with van der Waals surface area (Å²) in [4.78, 5) is 20.9. The lowest BCUT2D eigenvalue weighted by Gasteiger charge is -2.26. The molecule has 39 heavy (non-hydrogen) atoms. The molecule has 2 aliphatic rings. The van der Waals surface area contributed by atoms with Gasteiger partial charge in [-0.2, -0.15) is 0 Å². The van der Waals surface area contributed by atoms with E-state index in [9.17, 15) is 4.39 Å². The number of nitrogens with zero attached hydrogens (tertiary/aromatic N) is 7. The first-order valence-corrected chi connectivity index (χ1v) is 13.6. The molecule has 2 aliphatic heterocycles. The van der Waals surface area contributed by atoms with E-state index in [0.717, 1.165) is 90.8 Å². The fraction of sp³-hybridized carbons (Fsp3) is 0.300. The first-order valence-electron chi connectivity index (χ1n) is 13.6. The second-order valence-electron chi connectivity index (χ2n) is 10.3. The maximum atomic E-state index is 14.0. The minimum absolute atomic E-state index is 0.0889. The maximum absolute atomic E-state index is 14.0. The Kier molecular flexibility index (Phi) is 6.20. The van der Waals surface area contributed by atoms with E-state index in [1.54, 1.807) is 18.5 Å². The van der Waals surface area contributed by atoms with E-state index in [1.165, 1.54) is 6.07 Å². The summed E-state index contributed by atoms with van der Waals surface area (Å²) in [5, 5.41) is 8.40. The molecule has 2 saturated heterocycles. The number of hydrogen-bond acceptors (Lipinski definition) is 7. The fourth-order valence-electron chi connectivity index (χ4n) is 5.87. The highest BCUT2D eigenvalue weighted by molar-refractivity contribution is 5.65. The van der Waals surface area contributed by atoms with Crippen LogP contribution in [0.1, 0.15) is 48.9 Å². The summed E-state index contributed by atoms with van der Waals surface area (Å²) >= 11 is 0. The van der Waals surface area contributed by atoms with Crippen molar-refractivity contribution in [3.63, 3.8) is 0 Å². The molecule has 0 aliphatic carbocycles. The van der Waals surface area contributed by atoms with E-state index in [1.807, 2.05) is 47.1 Å². The van der Waals surface area contributed by atoms with Gasteiger partial charge in [-0.05, 0) is 86.8 Å². The topological polar surface area (TPSA) is 84.1 Å². The van der Waals surface area contributed by atoms with E-state index in [0.29, 0.717) is 5.92 Å². The Hall–Kier alpha value is -4.24. The summed E-state index contributed by atoms with van der Waals surface area (Å²) in [5.74, 6) is 1.07. The van der Waals surface area contributed by atoms with E-state index in [-0.39, 0.29) is 11.9 Å². The molecular weight excluding hydrogens is 491 g/mol. The van der Waals surface area contributed by atoms with Gasteiger partial charge in [0.15, 0.2) is 5.65 Å². The van der Waals surface area contributed by atoms with Crippen LogP contribution in [-0.2, 0) is 0 Å². The van der Waals surface area contributed by atoms with E-state index in [4.69, 9.17) is 10.1 Å². The Morgan fingerprint density at radius 1 is 0.846 bits per heavy atom. The van der Waals surface area contributed by atoms with Gasteiger partial charge in [0.1, 0.15) is 23.7 Å². The molecule has 5 aromatic rings. The molecule has 1 atom stereocenters. The highest BCUT2D eigenvalue weighted by Gasteiger charge is 2.28. The molecular formula is C30H29FN8. The highest BCUT2D eigenvalue weighted by Crippen LogP contribution is 2.36. The molecule has 6 heterocycles. The number of halogens is 1. The zero-order valence-corrected chi connectivity index (χ0v) is 21.5. The Balaban J connectivity index is 1.22. The molecule has 0 amide bonds. The maximum Gasteiger partial charge on any atom is 0.154 e. The zero-order chi connectivity index (χ0) is 26.2. The molecule has 1 aromatic carbocycles. The summed E-state index contributed by atoms with van der Waals surface area (Å²) in [5.41, 5.74) is 5.99. The Bertz CT molecular complexity index is 1630. The second kappa shape index (κ2) is 10.1. The van der Waals surface area contributed by atoms with Crippen molar-refractivity contribution in [1.29, 1.82) is 0 Å². The molecule has 4 aromatic heterocycles. The molecule has 0 spiro atoms. The minimum Gasteiger partial charge on any atom is -0.348 e. The lowest BCUT2D eigenvalue weighted by molar-refractivity contribution is 0.453. The molecule has 1 unspecified atom stereocenters. The summed E-state index contributed by atoms with van der Waals surface area (Å²) < 4.78 is 15.8. The number of rotatable bonds is 5. The van der Waals surface area contributed by atoms with Gasteiger partial charge in [-0.3, -0.25) is 0 Å². The van der Waals surface area contributed by atoms with Gasteiger partial charge in [0.05, 0.1) is 29.3 Å². The standard InChI is InChI=1S/C30H29FN8/c31-22-5-1-4-21(16-22)27-8-3-15-38(27)30-10-9-29-33-18-28(39(29)37-30)24-7-2-6-23(36-24)26-17-25(34-19-35-26)20-11-13-32-14-12-20/h1-2,4-7,9-10,16-20,27,32H,3,8,11-15H2. The largest absolute Gasteiger partial charge is 0.348 e. The number of hydrogen-bond donors (Lipinski definition) is 1. The summed E-state index contributed by atoms with van der Waals surface area (Å²) in [6.07, 6.45) is 7.61. The van der Waals surface area contributed by atoms with Gasteiger partial charge in [0, 0.05) is 18.2 Å². The first kappa shape index (κ1) is 23.8. The van der Waals surface area contributed by atoms with Gasteiger partial charge in [-0.15, -0.1) is 5.10 Å². The van der Waals surface area contributed by atoms with E-state index < -0.39 is 0 Å².